The lowest BCUT2D eigenvalue weighted by Gasteiger charge is -2.29. The number of carboxylic acid groups (broad SMARTS) is 3. The summed E-state index contributed by atoms with van der Waals surface area (Å²) in [5.74, 6) is -14.9. The van der Waals surface area contributed by atoms with Crippen molar-refractivity contribution in [3.05, 3.63) is 0 Å². The molecule has 0 aromatic carbocycles. The number of hydrogen-bond donors (Lipinski definition) is 14. The molecule has 334 valence electrons. The van der Waals surface area contributed by atoms with Gasteiger partial charge in [0.15, 0.2) is 6.04 Å². The van der Waals surface area contributed by atoms with Crippen LogP contribution in [-0.4, -0.2) is 146 Å². The fourth-order valence-corrected chi connectivity index (χ4v) is 5.27. The molecule has 0 saturated carbocycles. The van der Waals surface area contributed by atoms with Crippen LogP contribution in [0, 0.1) is 11.8 Å². The second kappa shape index (κ2) is 25.7. The first-order chi connectivity index (χ1) is 27.3. The summed E-state index contributed by atoms with van der Waals surface area (Å²) in [7, 11) is 0. The number of aliphatic hydroxyl groups is 1. The van der Waals surface area contributed by atoms with Gasteiger partial charge in [-0.25, -0.2) is 4.79 Å². The molecule has 0 aliphatic carbocycles. The first kappa shape index (κ1) is 53.4. The van der Waals surface area contributed by atoms with Gasteiger partial charge in [0.2, 0.25) is 47.3 Å². The third-order valence-corrected chi connectivity index (χ3v) is 9.01. The maximum Gasteiger partial charge on any atom is 0.328 e. The molecule has 0 fully saturated rings. The van der Waals surface area contributed by atoms with Gasteiger partial charge in [0.1, 0.15) is 36.3 Å². The zero-order valence-electron chi connectivity index (χ0n) is 33.5. The zero-order valence-corrected chi connectivity index (χ0v) is 34.4. The summed E-state index contributed by atoms with van der Waals surface area (Å²) in [4.78, 5) is 139. The van der Waals surface area contributed by atoms with E-state index in [9.17, 15) is 73.2 Å². The lowest BCUT2D eigenvalue weighted by molar-refractivity contribution is -0.146. The fourth-order valence-electron chi connectivity index (χ4n) is 5.01. The number of carbonyl (C=O) groups excluding carboxylic acids is 8. The Bertz CT molecular complexity index is 1560. The Morgan fingerprint density at radius 1 is 0.559 bits per heavy atom. The molecule has 0 radical (unpaired) electrons. The van der Waals surface area contributed by atoms with Gasteiger partial charge < -0.3 is 69.1 Å². The van der Waals surface area contributed by atoms with Gasteiger partial charge in [0.05, 0.1) is 25.0 Å². The Labute approximate surface area is 344 Å². The molecule has 24 nitrogen and oxygen atoms in total. The molecule has 0 bridgehead atoms. The first-order valence-electron chi connectivity index (χ1n) is 18.4. The van der Waals surface area contributed by atoms with Crippen LogP contribution in [-0.2, 0) is 52.7 Å². The number of aliphatic carboxylic acids is 3. The van der Waals surface area contributed by atoms with Crippen molar-refractivity contribution in [3.8, 4) is 0 Å². The molecule has 0 aliphatic heterocycles. The summed E-state index contributed by atoms with van der Waals surface area (Å²) in [6.45, 7) is 8.73. The van der Waals surface area contributed by atoms with Gasteiger partial charge in [-0.1, -0.05) is 34.1 Å². The van der Waals surface area contributed by atoms with Gasteiger partial charge >= 0.3 is 17.9 Å². The predicted octanol–water partition coefficient (Wildman–Crippen LogP) is -4.96. The molecule has 0 unspecified atom stereocenters. The maximum absolute atomic E-state index is 13.5. The highest BCUT2D eigenvalue weighted by Crippen LogP contribution is 2.11. The van der Waals surface area contributed by atoms with E-state index in [1.807, 2.05) is 0 Å². The van der Waals surface area contributed by atoms with E-state index >= 15 is 0 Å². The van der Waals surface area contributed by atoms with Crippen LogP contribution in [0.1, 0.15) is 73.6 Å². The standard InChI is InChI=1S/C34H57N9O15S/c1-7-14(4)25(33(56)43-26(16(6)44)34(57)58)42-30(53)19(11-23(48)49)38-31(54)20(12-59)40-28(51)17(8-9-22(46)47)37-29(52)18(10-21(36)45)39-32(55)24(13(2)3)41-27(50)15(5)35/h13-20,24-26,44,59H,7-12,35H2,1-6H3,(H2,36,45)(H,37,52)(H,38,54)(H,39,55)(H,40,51)(H,41,50)(H,42,53)(H,43,56)(H,46,47)(H,48,49)(H,57,58)/t14-,15-,16+,17-,18-,19-,20-,24-,25-,26-/m0/s1. The second-order valence-electron chi connectivity index (χ2n) is 14.1. The van der Waals surface area contributed by atoms with Gasteiger partial charge in [0, 0.05) is 12.2 Å². The zero-order chi connectivity index (χ0) is 45.9. The fraction of sp³-hybridized carbons (Fsp3) is 0.676. The van der Waals surface area contributed by atoms with E-state index in [0.29, 0.717) is 0 Å². The molecule has 8 amide bonds. The minimum Gasteiger partial charge on any atom is -0.481 e. The summed E-state index contributed by atoms with van der Waals surface area (Å²) in [6, 6.07) is -12.6. The van der Waals surface area contributed by atoms with Crippen molar-refractivity contribution in [2.24, 2.45) is 23.3 Å². The van der Waals surface area contributed by atoms with Crippen molar-refractivity contribution < 1.29 is 73.2 Å². The SMILES string of the molecule is CC[C@H](C)[C@H](NC(=O)[C@H](CC(=O)O)NC(=O)[C@H](CS)NC(=O)[C@H](CCC(=O)O)NC(=O)[C@H](CC(N)=O)NC(=O)[C@@H](NC(=O)[C@H](C)N)C(C)C)C(=O)N[C@H](C(=O)O)[C@@H](C)O. The van der Waals surface area contributed by atoms with Gasteiger partial charge in [-0.3, -0.25) is 47.9 Å². The van der Waals surface area contributed by atoms with Crippen LogP contribution in [0.3, 0.4) is 0 Å². The second-order valence-corrected chi connectivity index (χ2v) is 14.4. The Hall–Kier alpha value is -5.56. The summed E-state index contributed by atoms with van der Waals surface area (Å²) in [6.07, 6.45) is -4.50. The van der Waals surface area contributed by atoms with Crippen molar-refractivity contribution in [2.45, 2.75) is 128 Å². The van der Waals surface area contributed by atoms with Crippen LogP contribution in [0.4, 0.5) is 0 Å². The van der Waals surface area contributed by atoms with Crippen molar-refractivity contribution in [1.29, 1.82) is 0 Å². The van der Waals surface area contributed by atoms with E-state index < -0.39 is 163 Å². The highest BCUT2D eigenvalue weighted by molar-refractivity contribution is 7.80. The molecule has 25 heteroatoms. The average molecular weight is 864 g/mol. The number of primary amides is 1. The Kier molecular flexibility index (Phi) is 23.3. The quantitative estimate of drug-likeness (QED) is 0.0344. The number of aliphatic hydroxyl groups excluding tert-OH is 1. The van der Waals surface area contributed by atoms with Crippen LogP contribution in [0.2, 0.25) is 0 Å². The Morgan fingerprint density at radius 2 is 0.983 bits per heavy atom. The smallest absolute Gasteiger partial charge is 0.328 e. The Balaban J connectivity index is 6.36. The summed E-state index contributed by atoms with van der Waals surface area (Å²) in [5, 5.41) is 53.6. The largest absolute Gasteiger partial charge is 0.481 e. The minimum absolute atomic E-state index is 0.245. The maximum atomic E-state index is 13.5. The molecule has 10 atom stereocenters. The van der Waals surface area contributed by atoms with Crippen molar-refractivity contribution in [3.63, 3.8) is 0 Å². The van der Waals surface area contributed by atoms with Crippen molar-refractivity contribution in [2.75, 3.05) is 5.75 Å². The van der Waals surface area contributed by atoms with Crippen LogP contribution in [0.5, 0.6) is 0 Å². The van der Waals surface area contributed by atoms with Crippen LogP contribution in [0.15, 0.2) is 0 Å². The number of thiol groups is 1. The van der Waals surface area contributed by atoms with E-state index in [2.05, 4.69) is 49.8 Å². The number of carboxylic acids is 3. The van der Waals surface area contributed by atoms with Crippen LogP contribution < -0.4 is 48.7 Å². The topological polar surface area (TPSA) is 405 Å². The number of rotatable bonds is 27. The average Bonchev–Trinajstić information content (AvgIpc) is 3.12. The molecular formula is C34H57N9O15S. The molecule has 0 saturated heterocycles. The summed E-state index contributed by atoms with van der Waals surface area (Å²) < 4.78 is 0. The molecule has 0 aliphatic rings. The monoisotopic (exact) mass is 863 g/mol. The number of carbonyl (C=O) groups is 11. The predicted molar refractivity (Wildman–Crippen MR) is 208 cm³/mol. The van der Waals surface area contributed by atoms with E-state index in [1.54, 1.807) is 20.8 Å². The third kappa shape index (κ3) is 19.2. The molecule has 0 aromatic rings. The molecule has 0 heterocycles. The highest BCUT2D eigenvalue weighted by atomic mass is 32.1. The lowest BCUT2D eigenvalue weighted by atomic mass is 9.97. The number of hydrogen-bond acceptors (Lipinski definition) is 14. The third-order valence-electron chi connectivity index (χ3n) is 8.65. The van der Waals surface area contributed by atoms with Gasteiger partial charge in [0.25, 0.3) is 0 Å². The Morgan fingerprint density at radius 3 is 1.42 bits per heavy atom. The van der Waals surface area contributed by atoms with Crippen LogP contribution in [0.25, 0.3) is 0 Å². The van der Waals surface area contributed by atoms with Gasteiger partial charge in [-0.05, 0) is 32.1 Å². The molecule has 0 aromatic heterocycles. The van der Waals surface area contributed by atoms with E-state index in [0.717, 1.165) is 6.92 Å². The van der Waals surface area contributed by atoms with E-state index in [-0.39, 0.29) is 6.42 Å². The van der Waals surface area contributed by atoms with Crippen molar-refractivity contribution >= 4 is 77.8 Å². The molecule has 15 N–H and O–H groups in total. The summed E-state index contributed by atoms with van der Waals surface area (Å²) >= 11 is 4.03. The van der Waals surface area contributed by atoms with E-state index in [1.165, 1.54) is 13.8 Å². The van der Waals surface area contributed by atoms with Gasteiger partial charge in [-0.15, -0.1) is 0 Å². The molecule has 0 rings (SSSR count). The number of nitrogens with two attached hydrogens (primary N) is 2. The molecular weight excluding hydrogens is 806 g/mol. The number of nitrogens with one attached hydrogen (secondary N) is 7. The number of amides is 8. The van der Waals surface area contributed by atoms with E-state index in [4.69, 9.17) is 11.5 Å². The molecule has 59 heavy (non-hydrogen) atoms. The first-order valence-corrected chi connectivity index (χ1v) is 19.0. The lowest BCUT2D eigenvalue weighted by Crippen LogP contribution is -2.61. The van der Waals surface area contributed by atoms with Crippen LogP contribution >= 0.6 is 12.6 Å². The minimum atomic E-state index is -1.90. The highest BCUT2D eigenvalue weighted by Gasteiger charge is 2.37. The van der Waals surface area contributed by atoms with Crippen molar-refractivity contribution in [1.82, 2.24) is 37.2 Å². The molecule has 0 spiro atoms. The normalized spacial score (nSPS) is 16.1. The van der Waals surface area contributed by atoms with Gasteiger partial charge in [-0.2, -0.15) is 12.6 Å². The summed E-state index contributed by atoms with van der Waals surface area (Å²) in [5.41, 5.74) is 10.8.